The minimum Gasteiger partial charge on any atom is -0.504 e. The minimum atomic E-state index is -0.638. The summed E-state index contributed by atoms with van der Waals surface area (Å²) in [7, 11) is 1.44. The number of fused-ring (bicyclic) bond motifs is 1. The largest absolute Gasteiger partial charge is 0.504 e. The molecule has 1 unspecified atom stereocenters. The van der Waals surface area contributed by atoms with Crippen LogP contribution >= 0.6 is 12.2 Å². The Bertz CT molecular complexity index is 886. The molecule has 22 heavy (non-hydrogen) atoms. The molecule has 2 aromatic rings. The van der Waals surface area contributed by atoms with E-state index in [1.54, 1.807) is 12.1 Å². The molecule has 1 aromatic carbocycles. The van der Waals surface area contributed by atoms with Crippen LogP contribution in [-0.2, 0) is 0 Å². The number of methoxy groups -OCH3 is 1. The van der Waals surface area contributed by atoms with Crippen molar-refractivity contribution in [2.24, 2.45) is 10.7 Å². The van der Waals surface area contributed by atoms with Crippen molar-refractivity contribution in [3.05, 3.63) is 44.5 Å². The summed E-state index contributed by atoms with van der Waals surface area (Å²) in [6.07, 6.45) is 0. The van der Waals surface area contributed by atoms with Gasteiger partial charge in [-0.25, -0.2) is 4.99 Å². The predicted octanol–water partition coefficient (Wildman–Crippen LogP) is 0.976. The highest BCUT2D eigenvalue weighted by Crippen LogP contribution is 2.35. The maximum absolute atomic E-state index is 12.2. The Labute approximate surface area is 129 Å². The molecule has 9 heteroatoms. The fourth-order valence-corrected chi connectivity index (χ4v) is 2.52. The van der Waals surface area contributed by atoms with Crippen LogP contribution in [-0.4, -0.2) is 28.1 Å². The van der Waals surface area contributed by atoms with Crippen LogP contribution in [0, 0.1) is 4.77 Å². The van der Waals surface area contributed by atoms with Crippen molar-refractivity contribution in [3.63, 3.8) is 0 Å². The van der Waals surface area contributed by atoms with E-state index in [2.05, 4.69) is 20.3 Å². The molecule has 0 aliphatic carbocycles. The Balaban J connectivity index is 2.21. The monoisotopic (exact) mass is 319 g/mol. The van der Waals surface area contributed by atoms with Gasteiger partial charge in [0.25, 0.3) is 5.56 Å². The summed E-state index contributed by atoms with van der Waals surface area (Å²) in [5.41, 5.74) is 6.41. The SMILES string of the molecule is COc1cc(C2N=C(N)Nc3[nH]c(=S)[nH]c(=O)c32)ccc1O. The number of anilines is 1. The molecule has 0 fully saturated rings. The molecular formula is C13H13N5O3S. The van der Waals surface area contributed by atoms with Gasteiger partial charge in [0.05, 0.1) is 12.7 Å². The number of hydrogen-bond acceptors (Lipinski definition) is 7. The first-order chi connectivity index (χ1) is 10.5. The van der Waals surface area contributed by atoms with Crippen LogP contribution in [0.3, 0.4) is 0 Å². The highest BCUT2D eigenvalue weighted by Gasteiger charge is 2.26. The second-order valence-electron chi connectivity index (χ2n) is 4.67. The third kappa shape index (κ3) is 2.31. The van der Waals surface area contributed by atoms with Crippen molar-refractivity contribution in [1.82, 2.24) is 9.97 Å². The molecule has 8 nitrogen and oxygen atoms in total. The molecule has 6 N–H and O–H groups in total. The molecule has 0 spiro atoms. The summed E-state index contributed by atoms with van der Waals surface area (Å²) in [5, 5.41) is 12.5. The number of nitrogens with one attached hydrogen (secondary N) is 3. The second-order valence-corrected chi connectivity index (χ2v) is 5.08. The summed E-state index contributed by atoms with van der Waals surface area (Å²) in [6.45, 7) is 0. The highest BCUT2D eigenvalue weighted by molar-refractivity contribution is 7.71. The van der Waals surface area contributed by atoms with Crippen molar-refractivity contribution in [2.45, 2.75) is 6.04 Å². The number of nitrogens with zero attached hydrogens (tertiary/aromatic N) is 1. The first kappa shape index (κ1) is 14.1. The van der Waals surface area contributed by atoms with Gasteiger partial charge in [-0.3, -0.25) is 9.78 Å². The minimum absolute atomic E-state index is 0.00117. The van der Waals surface area contributed by atoms with Gasteiger partial charge in [0, 0.05) is 0 Å². The standard InChI is InChI=1S/C13H13N5O3S/c1-21-7-4-5(2-3-6(7)19)9-8-10(16-12(14)15-9)17-13(22)18-11(8)20/h2-4,9,19H,1H3,(H5,14,15,16,17,18,20,22). The number of H-pyrrole nitrogens is 2. The van der Waals surface area contributed by atoms with E-state index >= 15 is 0 Å². The van der Waals surface area contributed by atoms with Crippen LogP contribution in [0.1, 0.15) is 17.2 Å². The molecular weight excluding hydrogens is 306 g/mol. The van der Waals surface area contributed by atoms with Crippen LogP contribution in [0.5, 0.6) is 11.5 Å². The van der Waals surface area contributed by atoms with Crippen LogP contribution in [0.15, 0.2) is 28.0 Å². The normalized spacial score (nSPS) is 16.4. The number of aromatic amines is 2. The fourth-order valence-electron chi connectivity index (χ4n) is 2.33. The molecule has 0 saturated carbocycles. The summed E-state index contributed by atoms with van der Waals surface area (Å²) in [6, 6.07) is 4.09. The number of hydrogen-bond donors (Lipinski definition) is 5. The Morgan fingerprint density at radius 1 is 1.41 bits per heavy atom. The lowest BCUT2D eigenvalue weighted by molar-refractivity contribution is 0.373. The summed E-state index contributed by atoms with van der Waals surface area (Å²) >= 11 is 4.95. The molecule has 1 aliphatic heterocycles. The van der Waals surface area contributed by atoms with Gasteiger partial charge in [-0.2, -0.15) is 0 Å². The topological polar surface area (TPSA) is 129 Å². The Hall–Kier alpha value is -2.81. The van der Waals surface area contributed by atoms with Crippen molar-refractivity contribution in [1.29, 1.82) is 0 Å². The number of benzene rings is 1. The second kappa shape index (κ2) is 5.19. The number of phenols is 1. The summed E-state index contributed by atoms with van der Waals surface area (Å²) in [4.78, 5) is 21.9. The lowest BCUT2D eigenvalue weighted by Crippen LogP contribution is -2.33. The van der Waals surface area contributed by atoms with Gasteiger partial charge >= 0.3 is 0 Å². The van der Waals surface area contributed by atoms with Gasteiger partial charge in [0.15, 0.2) is 22.2 Å². The van der Waals surface area contributed by atoms with E-state index in [1.807, 2.05) is 0 Å². The van der Waals surface area contributed by atoms with E-state index in [9.17, 15) is 9.90 Å². The van der Waals surface area contributed by atoms with Gasteiger partial charge < -0.3 is 25.9 Å². The van der Waals surface area contributed by atoms with Gasteiger partial charge in [0.2, 0.25) is 0 Å². The van der Waals surface area contributed by atoms with E-state index in [0.717, 1.165) is 0 Å². The van der Waals surface area contributed by atoms with Gasteiger partial charge in [-0.1, -0.05) is 6.07 Å². The van der Waals surface area contributed by atoms with Crippen LogP contribution in [0.25, 0.3) is 0 Å². The lowest BCUT2D eigenvalue weighted by atomic mass is 9.99. The average Bonchev–Trinajstić information content (AvgIpc) is 2.46. The Kier molecular flexibility index (Phi) is 3.33. The zero-order chi connectivity index (χ0) is 15.9. The fraction of sp³-hybridized carbons (Fsp3) is 0.154. The van der Waals surface area contributed by atoms with E-state index in [4.69, 9.17) is 22.7 Å². The molecule has 0 amide bonds. The van der Waals surface area contributed by atoms with Crippen LogP contribution < -0.4 is 21.3 Å². The molecule has 3 rings (SSSR count). The molecule has 0 saturated heterocycles. The van der Waals surface area contributed by atoms with Crippen molar-refractivity contribution in [3.8, 4) is 11.5 Å². The zero-order valence-electron chi connectivity index (χ0n) is 11.5. The first-order valence-electron chi connectivity index (χ1n) is 6.33. The number of aliphatic imine (C=N–C) groups is 1. The van der Waals surface area contributed by atoms with Gasteiger partial charge in [-0.05, 0) is 29.9 Å². The smallest absolute Gasteiger partial charge is 0.259 e. The number of nitrogens with two attached hydrogens (primary N) is 1. The quantitative estimate of drug-likeness (QED) is 0.525. The highest BCUT2D eigenvalue weighted by atomic mass is 32.1. The van der Waals surface area contributed by atoms with Crippen molar-refractivity contribution < 1.29 is 9.84 Å². The molecule has 1 aliphatic rings. The molecule has 114 valence electrons. The number of ether oxygens (including phenoxy) is 1. The third-order valence-corrected chi connectivity index (χ3v) is 3.50. The van der Waals surface area contributed by atoms with Gasteiger partial charge in [0.1, 0.15) is 11.9 Å². The summed E-state index contributed by atoms with van der Waals surface area (Å²) in [5.74, 6) is 0.837. The molecule has 0 radical (unpaired) electrons. The zero-order valence-corrected chi connectivity index (χ0v) is 12.3. The number of guanidine groups is 1. The molecule has 2 heterocycles. The molecule has 0 bridgehead atoms. The Morgan fingerprint density at radius 3 is 2.91 bits per heavy atom. The van der Waals surface area contributed by atoms with E-state index < -0.39 is 6.04 Å². The lowest BCUT2D eigenvalue weighted by Gasteiger charge is -2.22. The molecule has 1 aromatic heterocycles. The van der Waals surface area contributed by atoms with Gasteiger partial charge in [-0.15, -0.1) is 0 Å². The number of aromatic nitrogens is 2. The van der Waals surface area contributed by atoms with E-state index in [1.165, 1.54) is 13.2 Å². The predicted molar refractivity (Wildman–Crippen MR) is 84.0 cm³/mol. The maximum atomic E-state index is 12.2. The average molecular weight is 319 g/mol. The van der Waals surface area contributed by atoms with Crippen molar-refractivity contribution >= 4 is 24.0 Å². The van der Waals surface area contributed by atoms with Crippen LogP contribution in [0.2, 0.25) is 0 Å². The maximum Gasteiger partial charge on any atom is 0.259 e. The third-order valence-electron chi connectivity index (χ3n) is 3.29. The first-order valence-corrected chi connectivity index (χ1v) is 6.74. The van der Waals surface area contributed by atoms with E-state index in [0.29, 0.717) is 16.9 Å². The summed E-state index contributed by atoms with van der Waals surface area (Å²) < 4.78 is 5.27. The number of phenolic OH excluding ortho intramolecular Hbond substituents is 1. The molecule has 1 atom stereocenters. The van der Waals surface area contributed by atoms with Crippen LogP contribution in [0.4, 0.5) is 5.82 Å². The van der Waals surface area contributed by atoms with Crippen molar-refractivity contribution in [2.75, 3.05) is 12.4 Å². The Morgan fingerprint density at radius 2 is 2.18 bits per heavy atom. The number of rotatable bonds is 2. The van der Waals surface area contributed by atoms with E-state index in [-0.39, 0.29) is 27.8 Å². The number of aromatic hydroxyl groups is 1.